The van der Waals surface area contributed by atoms with Crippen LogP contribution >= 0.6 is 0 Å². The molecule has 2 rings (SSSR count). The molecule has 0 unspecified atom stereocenters. The first kappa shape index (κ1) is 17.6. The monoisotopic (exact) mass is 332 g/mol. The van der Waals surface area contributed by atoms with Gasteiger partial charge in [-0.25, -0.2) is 4.99 Å². The van der Waals surface area contributed by atoms with Crippen molar-refractivity contribution in [3.8, 4) is 0 Å². The minimum atomic E-state index is -0.127. The van der Waals surface area contributed by atoms with E-state index in [4.69, 9.17) is 21.9 Å². The van der Waals surface area contributed by atoms with Crippen LogP contribution in [0.5, 0.6) is 0 Å². The Bertz CT molecular complexity index is 614. The van der Waals surface area contributed by atoms with Crippen LogP contribution in [0.25, 0.3) is 0 Å². The van der Waals surface area contributed by atoms with Crippen molar-refractivity contribution in [1.29, 1.82) is 0 Å². The number of esters is 1. The first-order chi connectivity index (χ1) is 11.5. The summed E-state index contributed by atoms with van der Waals surface area (Å²) in [6.07, 6.45) is 1.60. The fourth-order valence-electron chi connectivity index (χ4n) is 2.66. The SMILES string of the molecule is CCOC(=O)C1CCN(c2ccc(N=C(N)N=C(N)N)cc2)CC1. The minimum absolute atomic E-state index is 0.00412. The number of aliphatic imine (C=N–C) groups is 2. The lowest BCUT2D eigenvalue weighted by molar-refractivity contribution is -0.148. The van der Waals surface area contributed by atoms with Gasteiger partial charge in [-0.05, 0) is 44.0 Å². The van der Waals surface area contributed by atoms with E-state index < -0.39 is 0 Å². The van der Waals surface area contributed by atoms with Crippen molar-refractivity contribution >= 4 is 29.3 Å². The van der Waals surface area contributed by atoms with Gasteiger partial charge in [0, 0.05) is 18.8 Å². The molecule has 8 nitrogen and oxygen atoms in total. The summed E-state index contributed by atoms with van der Waals surface area (Å²) in [6.45, 7) is 3.91. The minimum Gasteiger partial charge on any atom is -0.466 e. The highest BCUT2D eigenvalue weighted by Crippen LogP contribution is 2.26. The highest BCUT2D eigenvalue weighted by atomic mass is 16.5. The third-order valence-corrected chi connectivity index (χ3v) is 3.82. The van der Waals surface area contributed by atoms with Gasteiger partial charge in [0.15, 0.2) is 5.96 Å². The summed E-state index contributed by atoms with van der Waals surface area (Å²) < 4.78 is 5.09. The number of nitrogens with two attached hydrogens (primary N) is 3. The number of nitrogens with zero attached hydrogens (tertiary/aromatic N) is 3. The second kappa shape index (κ2) is 8.19. The van der Waals surface area contributed by atoms with Gasteiger partial charge in [-0.3, -0.25) is 4.79 Å². The van der Waals surface area contributed by atoms with E-state index in [0.29, 0.717) is 12.3 Å². The lowest BCUT2D eigenvalue weighted by atomic mass is 9.96. The molecule has 0 saturated carbocycles. The third kappa shape index (κ3) is 4.87. The average molecular weight is 332 g/mol. The van der Waals surface area contributed by atoms with Gasteiger partial charge in [-0.2, -0.15) is 4.99 Å². The molecule has 0 aromatic heterocycles. The van der Waals surface area contributed by atoms with Crippen molar-refractivity contribution in [2.45, 2.75) is 19.8 Å². The van der Waals surface area contributed by atoms with Crippen molar-refractivity contribution in [2.75, 3.05) is 24.6 Å². The molecule has 1 saturated heterocycles. The highest BCUT2D eigenvalue weighted by molar-refractivity contribution is 5.93. The van der Waals surface area contributed by atoms with Crippen molar-refractivity contribution in [3.05, 3.63) is 24.3 Å². The zero-order chi connectivity index (χ0) is 17.5. The predicted octanol–water partition coefficient (Wildman–Crippen LogP) is 0.686. The summed E-state index contributed by atoms with van der Waals surface area (Å²) in [5, 5.41) is 0. The number of carbonyl (C=O) groups excluding carboxylic acids is 1. The van der Waals surface area contributed by atoms with Gasteiger partial charge >= 0.3 is 5.97 Å². The Morgan fingerprint density at radius 2 is 1.83 bits per heavy atom. The molecule has 1 fully saturated rings. The predicted molar refractivity (Wildman–Crippen MR) is 95.1 cm³/mol. The van der Waals surface area contributed by atoms with Gasteiger partial charge in [-0.1, -0.05) is 0 Å². The molecule has 1 heterocycles. The molecule has 0 bridgehead atoms. The fourth-order valence-corrected chi connectivity index (χ4v) is 2.66. The maximum absolute atomic E-state index is 11.8. The maximum Gasteiger partial charge on any atom is 0.309 e. The van der Waals surface area contributed by atoms with E-state index in [-0.39, 0.29) is 23.8 Å². The Kier molecular flexibility index (Phi) is 6.00. The Labute approximate surface area is 141 Å². The Morgan fingerprint density at radius 3 is 2.38 bits per heavy atom. The van der Waals surface area contributed by atoms with E-state index in [9.17, 15) is 4.79 Å². The van der Waals surface area contributed by atoms with Gasteiger partial charge < -0.3 is 26.8 Å². The number of carbonyl (C=O) groups is 1. The smallest absolute Gasteiger partial charge is 0.309 e. The first-order valence-electron chi connectivity index (χ1n) is 7.95. The van der Waals surface area contributed by atoms with E-state index in [1.165, 1.54) is 0 Å². The Balaban J connectivity index is 1.95. The lowest BCUT2D eigenvalue weighted by Crippen LogP contribution is -2.36. The quantitative estimate of drug-likeness (QED) is 0.422. The molecular weight excluding hydrogens is 308 g/mol. The van der Waals surface area contributed by atoms with Gasteiger partial charge in [0.25, 0.3) is 0 Å². The van der Waals surface area contributed by atoms with Crippen LogP contribution in [-0.4, -0.2) is 37.6 Å². The zero-order valence-corrected chi connectivity index (χ0v) is 13.8. The van der Waals surface area contributed by atoms with Crippen LogP contribution < -0.4 is 22.1 Å². The number of ether oxygens (including phenoxy) is 1. The van der Waals surface area contributed by atoms with Gasteiger partial charge in [0.2, 0.25) is 5.96 Å². The largest absolute Gasteiger partial charge is 0.466 e. The molecule has 1 aromatic rings. The first-order valence-corrected chi connectivity index (χ1v) is 7.95. The fraction of sp³-hybridized carbons (Fsp3) is 0.438. The van der Waals surface area contributed by atoms with E-state index in [0.717, 1.165) is 31.6 Å². The summed E-state index contributed by atoms with van der Waals surface area (Å²) >= 11 is 0. The molecule has 1 aliphatic heterocycles. The molecule has 0 spiro atoms. The van der Waals surface area contributed by atoms with E-state index in [2.05, 4.69) is 14.9 Å². The van der Waals surface area contributed by atoms with Crippen LogP contribution in [0.15, 0.2) is 34.3 Å². The van der Waals surface area contributed by atoms with Crippen LogP contribution in [-0.2, 0) is 9.53 Å². The number of hydrogen-bond donors (Lipinski definition) is 3. The second-order valence-corrected chi connectivity index (χ2v) is 5.54. The second-order valence-electron chi connectivity index (χ2n) is 5.54. The number of rotatable bonds is 4. The Hall–Kier alpha value is -2.77. The molecule has 0 amide bonds. The maximum atomic E-state index is 11.8. The van der Waals surface area contributed by atoms with Gasteiger partial charge in [-0.15, -0.1) is 0 Å². The highest BCUT2D eigenvalue weighted by Gasteiger charge is 2.25. The molecule has 130 valence electrons. The molecular formula is C16H24N6O2. The molecule has 8 heteroatoms. The van der Waals surface area contributed by atoms with Crippen LogP contribution in [0, 0.1) is 5.92 Å². The average Bonchev–Trinajstić information content (AvgIpc) is 2.55. The number of benzene rings is 1. The standard InChI is InChI=1S/C16H24N6O2/c1-2-24-14(23)11-7-9-22(10-8-11)13-5-3-12(4-6-13)20-16(19)21-15(17)18/h3-6,11H,2,7-10H2,1H3,(H6,17,18,19,20,21). The van der Waals surface area contributed by atoms with E-state index >= 15 is 0 Å². The van der Waals surface area contributed by atoms with Crippen LogP contribution in [0.1, 0.15) is 19.8 Å². The normalized spacial score (nSPS) is 15.9. The van der Waals surface area contributed by atoms with Crippen molar-refractivity contribution in [3.63, 3.8) is 0 Å². The molecule has 1 aliphatic rings. The molecule has 6 N–H and O–H groups in total. The summed E-state index contributed by atoms with van der Waals surface area (Å²) in [6, 6.07) is 7.63. The summed E-state index contributed by atoms with van der Waals surface area (Å²) in [7, 11) is 0. The van der Waals surface area contributed by atoms with Crippen molar-refractivity contribution < 1.29 is 9.53 Å². The molecule has 0 radical (unpaired) electrons. The van der Waals surface area contributed by atoms with Gasteiger partial charge in [0.05, 0.1) is 18.2 Å². The molecule has 0 atom stereocenters. The van der Waals surface area contributed by atoms with E-state index in [1.54, 1.807) is 0 Å². The van der Waals surface area contributed by atoms with Crippen LogP contribution in [0.3, 0.4) is 0 Å². The third-order valence-electron chi connectivity index (χ3n) is 3.82. The van der Waals surface area contributed by atoms with Crippen LogP contribution in [0.4, 0.5) is 11.4 Å². The summed E-state index contributed by atoms with van der Waals surface area (Å²) in [4.78, 5) is 21.8. The number of guanidine groups is 2. The summed E-state index contributed by atoms with van der Waals surface area (Å²) in [5.41, 5.74) is 17.8. The van der Waals surface area contributed by atoms with Crippen molar-refractivity contribution in [2.24, 2.45) is 33.1 Å². The molecule has 24 heavy (non-hydrogen) atoms. The van der Waals surface area contributed by atoms with Gasteiger partial charge in [0.1, 0.15) is 0 Å². The lowest BCUT2D eigenvalue weighted by Gasteiger charge is -2.32. The number of anilines is 1. The summed E-state index contributed by atoms with van der Waals surface area (Å²) in [5.74, 6) is -0.197. The molecule has 1 aromatic carbocycles. The number of piperidine rings is 1. The van der Waals surface area contributed by atoms with Crippen LogP contribution in [0.2, 0.25) is 0 Å². The Morgan fingerprint density at radius 1 is 1.21 bits per heavy atom. The van der Waals surface area contributed by atoms with E-state index in [1.807, 2.05) is 31.2 Å². The molecule has 0 aliphatic carbocycles. The zero-order valence-electron chi connectivity index (χ0n) is 13.8. The van der Waals surface area contributed by atoms with Crippen molar-refractivity contribution in [1.82, 2.24) is 0 Å². The number of hydrogen-bond acceptors (Lipinski definition) is 4. The topological polar surface area (TPSA) is 132 Å².